The average molecular weight is 310 g/mol. The molecule has 3 N–H and O–H groups in total. The molecule has 6 heteroatoms. The molecule has 1 atom stereocenters. The Morgan fingerprint density at radius 3 is 2.81 bits per heavy atom. The van der Waals surface area contributed by atoms with Gasteiger partial charge in [-0.15, -0.1) is 0 Å². The van der Waals surface area contributed by atoms with E-state index in [1.165, 1.54) is 6.07 Å². The predicted octanol–water partition coefficient (Wildman–Crippen LogP) is 2.77. The van der Waals surface area contributed by atoms with Crippen LogP contribution in [0.2, 0.25) is 5.02 Å². The van der Waals surface area contributed by atoms with Crippen molar-refractivity contribution in [2.45, 2.75) is 6.92 Å². The van der Waals surface area contributed by atoms with Gasteiger partial charge in [0.25, 0.3) is 0 Å². The Kier molecular flexibility index (Phi) is 4.70. The normalized spacial score (nSPS) is 12.3. The number of hydrogen-bond acceptors (Lipinski definition) is 2. The number of rotatable bonds is 3. The second-order valence-corrected chi connectivity index (χ2v) is 4.63. The van der Waals surface area contributed by atoms with E-state index in [1.807, 2.05) is 0 Å². The van der Waals surface area contributed by atoms with Gasteiger partial charge in [0.1, 0.15) is 5.82 Å². The smallest absolute Gasteiger partial charge is 0.228 e. The number of carbonyl (C=O) groups is 1. The Bertz CT molecular complexity index is 391. The van der Waals surface area contributed by atoms with E-state index in [2.05, 4.69) is 21.2 Å². The summed E-state index contributed by atoms with van der Waals surface area (Å²) in [6, 6.07) is 2.36. The van der Waals surface area contributed by atoms with E-state index >= 15 is 0 Å². The fourth-order valence-corrected chi connectivity index (χ4v) is 1.91. The molecule has 0 saturated heterocycles. The van der Waals surface area contributed by atoms with Crippen molar-refractivity contribution in [2.24, 2.45) is 11.7 Å². The van der Waals surface area contributed by atoms with Gasteiger partial charge in [-0.1, -0.05) is 18.5 Å². The predicted molar refractivity (Wildman–Crippen MR) is 66.0 cm³/mol. The number of hydrogen-bond donors (Lipinski definition) is 2. The van der Waals surface area contributed by atoms with Gasteiger partial charge >= 0.3 is 0 Å². The molecule has 0 heterocycles. The van der Waals surface area contributed by atoms with Gasteiger partial charge in [-0.05, 0) is 28.1 Å². The summed E-state index contributed by atoms with van der Waals surface area (Å²) < 4.78 is 13.3. The number of halogens is 3. The number of nitrogens with two attached hydrogens (primary N) is 1. The molecule has 0 radical (unpaired) electrons. The molecule has 0 saturated carbocycles. The van der Waals surface area contributed by atoms with Crippen molar-refractivity contribution in [1.82, 2.24) is 0 Å². The largest absolute Gasteiger partial charge is 0.330 e. The van der Waals surface area contributed by atoms with E-state index in [4.69, 9.17) is 17.3 Å². The van der Waals surface area contributed by atoms with Crippen molar-refractivity contribution in [3.63, 3.8) is 0 Å². The molecule has 0 aliphatic heterocycles. The topological polar surface area (TPSA) is 55.1 Å². The Balaban J connectivity index is 2.93. The first kappa shape index (κ1) is 13.4. The van der Waals surface area contributed by atoms with E-state index < -0.39 is 5.82 Å². The quantitative estimate of drug-likeness (QED) is 0.902. The molecule has 88 valence electrons. The zero-order valence-electron chi connectivity index (χ0n) is 8.56. The average Bonchev–Trinajstić information content (AvgIpc) is 2.21. The van der Waals surface area contributed by atoms with E-state index in [0.29, 0.717) is 10.2 Å². The third kappa shape index (κ3) is 3.17. The van der Waals surface area contributed by atoms with Crippen LogP contribution in [0.3, 0.4) is 0 Å². The molecule has 1 unspecified atom stereocenters. The first-order valence-corrected chi connectivity index (χ1v) is 5.78. The Hall–Kier alpha value is -0.650. The molecule has 0 spiro atoms. The van der Waals surface area contributed by atoms with Crippen molar-refractivity contribution >= 4 is 39.1 Å². The molecule has 16 heavy (non-hydrogen) atoms. The summed E-state index contributed by atoms with van der Waals surface area (Å²) in [4.78, 5) is 11.6. The summed E-state index contributed by atoms with van der Waals surface area (Å²) in [5.41, 5.74) is 5.72. The van der Waals surface area contributed by atoms with Gasteiger partial charge in [-0.25, -0.2) is 4.39 Å². The fraction of sp³-hybridized carbons (Fsp3) is 0.300. The zero-order chi connectivity index (χ0) is 12.3. The van der Waals surface area contributed by atoms with Crippen LogP contribution in [0.5, 0.6) is 0 Å². The Morgan fingerprint density at radius 2 is 2.31 bits per heavy atom. The minimum atomic E-state index is -0.471. The lowest BCUT2D eigenvalue weighted by atomic mass is 10.1. The molecule has 1 amide bonds. The molecule has 1 aromatic rings. The third-order valence-electron chi connectivity index (χ3n) is 2.06. The second-order valence-electron chi connectivity index (χ2n) is 3.37. The number of carbonyl (C=O) groups excluding carboxylic acids is 1. The van der Waals surface area contributed by atoms with E-state index in [-0.39, 0.29) is 23.4 Å². The van der Waals surface area contributed by atoms with E-state index in [9.17, 15) is 9.18 Å². The molecule has 1 rings (SSSR count). The second kappa shape index (κ2) is 5.61. The lowest BCUT2D eigenvalue weighted by molar-refractivity contribution is -0.119. The van der Waals surface area contributed by atoms with Crippen molar-refractivity contribution < 1.29 is 9.18 Å². The maximum absolute atomic E-state index is 12.9. The third-order valence-corrected chi connectivity index (χ3v) is 2.98. The maximum Gasteiger partial charge on any atom is 0.228 e. The van der Waals surface area contributed by atoms with Crippen molar-refractivity contribution in [2.75, 3.05) is 11.9 Å². The van der Waals surface area contributed by atoms with Gasteiger partial charge in [0.05, 0.1) is 10.7 Å². The fourth-order valence-electron chi connectivity index (χ4n) is 1.02. The lowest BCUT2D eigenvalue weighted by Crippen LogP contribution is -2.26. The van der Waals surface area contributed by atoms with Crippen LogP contribution < -0.4 is 11.1 Å². The highest BCUT2D eigenvalue weighted by molar-refractivity contribution is 9.10. The summed E-state index contributed by atoms with van der Waals surface area (Å²) in [6.45, 7) is 1.93. The Labute approximate surface area is 106 Å². The van der Waals surface area contributed by atoms with Gasteiger partial charge in [0, 0.05) is 16.9 Å². The van der Waals surface area contributed by atoms with Crippen molar-refractivity contribution in [1.29, 1.82) is 0 Å². The van der Waals surface area contributed by atoms with Gasteiger partial charge in [0.2, 0.25) is 5.91 Å². The SMILES string of the molecule is CC(CN)C(=O)Nc1c(Cl)cc(F)cc1Br. The molecular weight excluding hydrogens is 298 g/mol. The number of nitrogens with one attached hydrogen (secondary N) is 1. The highest BCUT2D eigenvalue weighted by Crippen LogP contribution is 2.31. The van der Waals surface area contributed by atoms with Crippen LogP contribution >= 0.6 is 27.5 Å². The van der Waals surface area contributed by atoms with Crippen LogP contribution in [0.25, 0.3) is 0 Å². The molecule has 0 aromatic heterocycles. The zero-order valence-corrected chi connectivity index (χ0v) is 10.9. The first-order chi connectivity index (χ1) is 7.45. The van der Waals surface area contributed by atoms with Crippen LogP contribution in [-0.4, -0.2) is 12.5 Å². The molecular formula is C10H11BrClFN2O. The van der Waals surface area contributed by atoms with Crippen molar-refractivity contribution in [3.8, 4) is 0 Å². The van der Waals surface area contributed by atoms with Gasteiger partial charge in [-0.2, -0.15) is 0 Å². The van der Waals surface area contributed by atoms with Gasteiger partial charge in [-0.3, -0.25) is 4.79 Å². The summed E-state index contributed by atoms with van der Waals surface area (Å²) in [7, 11) is 0. The summed E-state index contributed by atoms with van der Waals surface area (Å²) in [5.74, 6) is -1.05. The number of amides is 1. The van der Waals surface area contributed by atoms with Crippen LogP contribution in [0, 0.1) is 11.7 Å². The lowest BCUT2D eigenvalue weighted by Gasteiger charge is -2.12. The first-order valence-electron chi connectivity index (χ1n) is 4.61. The number of anilines is 1. The minimum Gasteiger partial charge on any atom is -0.330 e. The Morgan fingerprint density at radius 1 is 1.69 bits per heavy atom. The standard InChI is InChI=1S/C10H11BrClFN2O/c1-5(4-14)10(16)15-9-7(11)2-6(13)3-8(9)12/h2-3,5H,4,14H2,1H3,(H,15,16). The van der Waals surface area contributed by atoms with Crippen LogP contribution in [0.1, 0.15) is 6.92 Å². The summed E-state index contributed by atoms with van der Waals surface area (Å²) in [6.07, 6.45) is 0. The van der Waals surface area contributed by atoms with Crippen LogP contribution in [0.15, 0.2) is 16.6 Å². The molecule has 0 bridgehead atoms. The van der Waals surface area contributed by atoms with E-state index in [0.717, 1.165) is 6.07 Å². The molecule has 0 aliphatic rings. The minimum absolute atomic E-state index is 0.143. The summed E-state index contributed by atoms with van der Waals surface area (Å²) >= 11 is 8.94. The highest BCUT2D eigenvalue weighted by atomic mass is 79.9. The maximum atomic E-state index is 12.9. The molecule has 0 fully saturated rings. The number of benzene rings is 1. The van der Waals surface area contributed by atoms with Crippen molar-refractivity contribution in [3.05, 3.63) is 27.4 Å². The van der Waals surface area contributed by atoms with E-state index in [1.54, 1.807) is 6.92 Å². The van der Waals surface area contributed by atoms with Gasteiger partial charge < -0.3 is 11.1 Å². The van der Waals surface area contributed by atoms with Crippen LogP contribution in [-0.2, 0) is 4.79 Å². The molecule has 0 aliphatic carbocycles. The molecule has 3 nitrogen and oxygen atoms in total. The molecule has 1 aromatic carbocycles. The highest BCUT2D eigenvalue weighted by Gasteiger charge is 2.15. The van der Waals surface area contributed by atoms with Gasteiger partial charge in [0.15, 0.2) is 0 Å². The monoisotopic (exact) mass is 308 g/mol. The van der Waals surface area contributed by atoms with Crippen LogP contribution in [0.4, 0.5) is 10.1 Å². The summed E-state index contributed by atoms with van der Waals surface area (Å²) in [5, 5.41) is 2.73.